The van der Waals surface area contributed by atoms with Crippen LogP contribution >= 0.6 is 11.6 Å². The molecule has 1 atom stereocenters. The Morgan fingerprint density at radius 2 is 1.92 bits per heavy atom. The Morgan fingerprint density at radius 3 is 2.31 bits per heavy atom. The smallest absolute Gasteiger partial charge is 0.251 e. The molecule has 0 N–H and O–H groups in total. The van der Waals surface area contributed by atoms with Gasteiger partial charge in [0.05, 0.1) is 0 Å². The molecule has 1 rings (SSSR count). The molecular formula is C8H12ClF2NO. The van der Waals surface area contributed by atoms with Crippen molar-refractivity contribution >= 4 is 17.5 Å². The molecule has 0 saturated carbocycles. The van der Waals surface area contributed by atoms with E-state index in [0.29, 0.717) is 0 Å². The molecule has 0 bridgehead atoms. The number of nitrogens with zero attached hydrogens (tertiary/aromatic N) is 1. The van der Waals surface area contributed by atoms with Crippen LogP contribution in [0.4, 0.5) is 8.78 Å². The van der Waals surface area contributed by atoms with E-state index in [1.165, 1.54) is 4.90 Å². The molecular weight excluding hydrogens is 200 g/mol. The first-order chi connectivity index (χ1) is 5.92. The molecule has 0 aromatic heterocycles. The van der Waals surface area contributed by atoms with E-state index in [-0.39, 0.29) is 31.8 Å². The highest BCUT2D eigenvalue weighted by Crippen LogP contribution is 2.28. The maximum absolute atomic E-state index is 12.7. The molecule has 1 heterocycles. The maximum Gasteiger partial charge on any atom is 0.251 e. The zero-order valence-electron chi connectivity index (χ0n) is 7.40. The number of carbonyl (C=O) groups is 1. The van der Waals surface area contributed by atoms with Crippen molar-refractivity contribution in [2.45, 2.75) is 31.1 Å². The number of carbonyl (C=O) groups excluding carboxylic acids is 1. The van der Waals surface area contributed by atoms with Crippen molar-refractivity contribution in [2.24, 2.45) is 0 Å². The van der Waals surface area contributed by atoms with E-state index >= 15 is 0 Å². The van der Waals surface area contributed by atoms with Gasteiger partial charge < -0.3 is 4.90 Å². The van der Waals surface area contributed by atoms with Gasteiger partial charge in [-0.05, 0) is 6.92 Å². The average molecular weight is 212 g/mol. The predicted octanol–water partition coefficient (Wildman–Crippen LogP) is 1.87. The van der Waals surface area contributed by atoms with Gasteiger partial charge in [-0.25, -0.2) is 8.78 Å². The summed E-state index contributed by atoms with van der Waals surface area (Å²) in [6.45, 7) is 1.78. The summed E-state index contributed by atoms with van der Waals surface area (Å²) in [7, 11) is 0. The van der Waals surface area contributed by atoms with E-state index in [2.05, 4.69) is 0 Å². The molecule has 5 heteroatoms. The predicted molar refractivity (Wildman–Crippen MR) is 46.1 cm³/mol. The second-order valence-electron chi connectivity index (χ2n) is 3.30. The maximum atomic E-state index is 12.7. The fourth-order valence-corrected chi connectivity index (χ4v) is 1.44. The summed E-state index contributed by atoms with van der Waals surface area (Å²) in [5.74, 6) is -2.86. The van der Waals surface area contributed by atoms with Gasteiger partial charge in [0.1, 0.15) is 5.38 Å². The first-order valence-electron chi connectivity index (χ1n) is 4.23. The number of hydrogen-bond donors (Lipinski definition) is 0. The topological polar surface area (TPSA) is 20.3 Å². The van der Waals surface area contributed by atoms with Gasteiger partial charge in [-0.2, -0.15) is 0 Å². The molecule has 1 aliphatic rings. The summed E-state index contributed by atoms with van der Waals surface area (Å²) >= 11 is 5.55. The SMILES string of the molecule is C[C@H](Cl)C(=O)N1CCC(F)(F)CC1. The Hall–Kier alpha value is -0.380. The van der Waals surface area contributed by atoms with E-state index in [9.17, 15) is 13.6 Å². The second kappa shape index (κ2) is 3.78. The van der Waals surface area contributed by atoms with Crippen molar-refractivity contribution < 1.29 is 13.6 Å². The minimum Gasteiger partial charge on any atom is -0.341 e. The minimum atomic E-state index is -2.60. The molecule has 13 heavy (non-hydrogen) atoms. The van der Waals surface area contributed by atoms with E-state index in [1.807, 2.05) is 0 Å². The van der Waals surface area contributed by atoms with Gasteiger partial charge in [-0.1, -0.05) is 0 Å². The largest absolute Gasteiger partial charge is 0.341 e. The molecule has 2 nitrogen and oxygen atoms in total. The summed E-state index contributed by atoms with van der Waals surface area (Å²) in [6.07, 6.45) is -0.495. The van der Waals surface area contributed by atoms with Crippen molar-refractivity contribution in [3.05, 3.63) is 0 Å². The van der Waals surface area contributed by atoms with Crippen LogP contribution in [0.3, 0.4) is 0 Å². The van der Waals surface area contributed by atoms with Crippen LogP contribution in [0.1, 0.15) is 19.8 Å². The minimum absolute atomic E-state index is 0.114. The van der Waals surface area contributed by atoms with Crippen molar-refractivity contribution in [1.82, 2.24) is 4.90 Å². The summed E-state index contributed by atoms with van der Waals surface area (Å²) in [6, 6.07) is 0. The van der Waals surface area contributed by atoms with Gasteiger partial charge in [-0.3, -0.25) is 4.79 Å². The van der Waals surface area contributed by atoms with Crippen LogP contribution in [0.2, 0.25) is 0 Å². The quantitative estimate of drug-likeness (QED) is 0.607. The van der Waals surface area contributed by atoms with E-state index < -0.39 is 11.3 Å². The summed E-state index contributed by atoms with van der Waals surface area (Å²) in [4.78, 5) is 12.7. The van der Waals surface area contributed by atoms with Crippen molar-refractivity contribution in [3.8, 4) is 0 Å². The molecule has 1 aliphatic heterocycles. The molecule has 1 fully saturated rings. The lowest BCUT2D eigenvalue weighted by Gasteiger charge is -2.32. The van der Waals surface area contributed by atoms with Gasteiger partial charge in [0.2, 0.25) is 5.91 Å². The zero-order chi connectivity index (χ0) is 10.1. The van der Waals surface area contributed by atoms with Crippen molar-refractivity contribution in [1.29, 1.82) is 0 Å². The van der Waals surface area contributed by atoms with Crippen LogP contribution < -0.4 is 0 Å². The Bertz CT molecular complexity index is 198. The number of piperidine rings is 1. The number of halogens is 3. The van der Waals surface area contributed by atoms with Crippen molar-refractivity contribution in [3.63, 3.8) is 0 Å². The third-order valence-corrected chi connectivity index (χ3v) is 2.33. The summed E-state index contributed by atoms with van der Waals surface area (Å²) < 4.78 is 25.3. The Morgan fingerprint density at radius 1 is 1.46 bits per heavy atom. The van der Waals surface area contributed by atoms with Gasteiger partial charge in [0.25, 0.3) is 5.92 Å². The monoisotopic (exact) mass is 211 g/mol. The van der Waals surface area contributed by atoms with Gasteiger partial charge >= 0.3 is 0 Å². The molecule has 0 spiro atoms. The van der Waals surface area contributed by atoms with Crippen LogP contribution in [0.15, 0.2) is 0 Å². The Balaban J connectivity index is 2.46. The van der Waals surface area contributed by atoms with Crippen LogP contribution in [0, 0.1) is 0 Å². The molecule has 0 aromatic carbocycles. The molecule has 0 aliphatic carbocycles. The van der Waals surface area contributed by atoms with Crippen molar-refractivity contribution in [2.75, 3.05) is 13.1 Å². The highest BCUT2D eigenvalue weighted by atomic mass is 35.5. The normalized spacial score (nSPS) is 24.2. The number of amides is 1. The van der Waals surface area contributed by atoms with Gasteiger partial charge in [0.15, 0.2) is 0 Å². The fourth-order valence-electron chi connectivity index (χ4n) is 1.31. The standard InChI is InChI=1S/C8H12ClF2NO/c1-6(9)7(13)12-4-2-8(10,11)3-5-12/h6H,2-5H2,1H3/t6-/m0/s1. The fraction of sp³-hybridized carbons (Fsp3) is 0.875. The zero-order valence-corrected chi connectivity index (χ0v) is 8.15. The molecule has 1 saturated heterocycles. The molecule has 1 amide bonds. The van der Waals surface area contributed by atoms with Crippen LogP contribution in [0.25, 0.3) is 0 Å². The van der Waals surface area contributed by atoms with Crippen LogP contribution in [0.5, 0.6) is 0 Å². The second-order valence-corrected chi connectivity index (χ2v) is 3.95. The highest BCUT2D eigenvalue weighted by Gasteiger charge is 2.36. The van der Waals surface area contributed by atoms with E-state index in [1.54, 1.807) is 6.92 Å². The molecule has 0 radical (unpaired) electrons. The average Bonchev–Trinajstić information content (AvgIpc) is 2.03. The lowest BCUT2D eigenvalue weighted by atomic mass is 10.1. The first-order valence-corrected chi connectivity index (χ1v) is 4.67. The highest BCUT2D eigenvalue weighted by molar-refractivity contribution is 6.30. The van der Waals surface area contributed by atoms with Gasteiger partial charge in [0, 0.05) is 25.9 Å². The number of alkyl halides is 3. The molecule has 0 unspecified atom stereocenters. The summed E-state index contributed by atoms with van der Waals surface area (Å²) in [5, 5.41) is -0.619. The van der Waals surface area contributed by atoms with Crippen LogP contribution in [-0.4, -0.2) is 35.2 Å². The Kier molecular flexibility index (Phi) is 3.11. The molecule has 0 aromatic rings. The lowest BCUT2D eigenvalue weighted by Crippen LogP contribution is -2.45. The number of likely N-dealkylation sites (tertiary alicyclic amines) is 1. The van der Waals surface area contributed by atoms with Gasteiger partial charge in [-0.15, -0.1) is 11.6 Å². The number of rotatable bonds is 1. The first kappa shape index (κ1) is 10.7. The van der Waals surface area contributed by atoms with Crippen LogP contribution in [-0.2, 0) is 4.79 Å². The third-order valence-electron chi connectivity index (χ3n) is 2.15. The Labute approximate surface area is 80.8 Å². The van der Waals surface area contributed by atoms with E-state index in [4.69, 9.17) is 11.6 Å². The molecule has 76 valence electrons. The third kappa shape index (κ3) is 2.79. The summed E-state index contributed by atoms with van der Waals surface area (Å²) in [5.41, 5.74) is 0. The van der Waals surface area contributed by atoms with E-state index in [0.717, 1.165) is 0 Å². The lowest BCUT2D eigenvalue weighted by molar-refractivity contribution is -0.136. The number of hydrogen-bond acceptors (Lipinski definition) is 1.